The van der Waals surface area contributed by atoms with Crippen molar-refractivity contribution in [3.63, 3.8) is 0 Å². The molecule has 8 nitrogen and oxygen atoms in total. The lowest BCUT2D eigenvalue weighted by molar-refractivity contribution is 0.193. The van der Waals surface area contributed by atoms with Crippen LogP contribution >= 0.6 is 0 Å². The van der Waals surface area contributed by atoms with E-state index in [-0.39, 0.29) is 23.6 Å². The van der Waals surface area contributed by atoms with E-state index in [1.165, 1.54) is 12.8 Å². The minimum Gasteiger partial charge on any atom is -0.460 e. The van der Waals surface area contributed by atoms with Crippen molar-refractivity contribution in [1.29, 1.82) is 0 Å². The van der Waals surface area contributed by atoms with E-state index < -0.39 is 0 Å². The van der Waals surface area contributed by atoms with Crippen LogP contribution in [0.4, 0.5) is 5.82 Å². The second-order valence-corrected chi connectivity index (χ2v) is 6.89. The van der Waals surface area contributed by atoms with E-state index in [0.717, 1.165) is 32.4 Å². The number of imidazole rings is 1. The van der Waals surface area contributed by atoms with E-state index in [2.05, 4.69) is 27.2 Å². The Labute approximate surface area is 147 Å². The topological polar surface area (TPSA) is 111 Å². The maximum absolute atomic E-state index is 12.3. The van der Waals surface area contributed by atoms with Gasteiger partial charge in [-0.05, 0) is 51.6 Å². The Morgan fingerprint density at radius 2 is 2.28 bits per heavy atom. The molecule has 1 aliphatic heterocycles. The number of H-pyrrole nitrogens is 1. The molecular formula is C17H28N6O2. The van der Waals surface area contributed by atoms with Crippen molar-refractivity contribution in [3.05, 3.63) is 10.5 Å². The van der Waals surface area contributed by atoms with Crippen LogP contribution in [0.3, 0.4) is 0 Å². The minimum atomic E-state index is -0.196. The largest absolute Gasteiger partial charge is 0.460 e. The van der Waals surface area contributed by atoms with Gasteiger partial charge in [0.1, 0.15) is 5.52 Å². The lowest BCUT2D eigenvalue weighted by atomic mass is 9.96. The predicted molar refractivity (Wildman–Crippen MR) is 97.8 cm³/mol. The Balaban J connectivity index is 1.82. The Hall–Kier alpha value is -2.09. The molecular weight excluding hydrogens is 320 g/mol. The normalized spacial score (nSPS) is 19.2. The molecule has 8 heteroatoms. The lowest BCUT2D eigenvalue weighted by Crippen LogP contribution is -2.31. The van der Waals surface area contributed by atoms with Gasteiger partial charge in [-0.1, -0.05) is 13.3 Å². The smallest absolute Gasteiger partial charge is 0.327 e. The highest BCUT2D eigenvalue weighted by molar-refractivity contribution is 5.81. The van der Waals surface area contributed by atoms with Gasteiger partial charge >= 0.3 is 11.7 Å². The molecule has 1 saturated heterocycles. The fraction of sp³-hybridized carbons (Fsp3) is 0.706. The summed E-state index contributed by atoms with van der Waals surface area (Å²) in [5.41, 5.74) is 6.82. The summed E-state index contributed by atoms with van der Waals surface area (Å²) >= 11 is 0. The molecule has 2 aromatic heterocycles. The molecule has 0 aliphatic carbocycles. The molecule has 2 aromatic rings. The quantitative estimate of drug-likeness (QED) is 0.702. The first-order valence-corrected chi connectivity index (χ1v) is 9.22. The van der Waals surface area contributed by atoms with Gasteiger partial charge in [0.05, 0.1) is 6.10 Å². The van der Waals surface area contributed by atoms with Crippen molar-refractivity contribution in [2.75, 3.05) is 18.8 Å². The Morgan fingerprint density at radius 1 is 1.44 bits per heavy atom. The molecule has 0 radical (unpaired) electrons. The molecule has 25 heavy (non-hydrogen) atoms. The number of rotatable bonds is 7. The molecule has 138 valence electrons. The first-order valence-electron chi connectivity index (χ1n) is 9.22. The maximum Gasteiger partial charge on any atom is 0.327 e. The average Bonchev–Trinajstić information content (AvgIpc) is 2.90. The number of piperidine rings is 1. The summed E-state index contributed by atoms with van der Waals surface area (Å²) in [6.07, 6.45) is 5.26. The summed E-state index contributed by atoms with van der Waals surface area (Å²) in [6.45, 7) is 6.79. The molecule has 0 saturated carbocycles. The molecule has 0 aromatic carbocycles. The number of aromatic amines is 1. The monoisotopic (exact) mass is 348 g/mol. The minimum absolute atomic E-state index is 0.00859. The van der Waals surface area contributed by atoms with E-state index in [9.17, 15) is 4.79 Å². The van der Waals surface area contributed by atoms with Crippen molar-refractivity contribution >= 4 is 17.0 Å². The number of aryl methyl sites for hydroxylation is 1. The highest BCUT2D eigenvalue weighted by Gasteiger charge is 2.18. The van der Waals surface area contributed by atoms with Gasteiger partial charge in [-0.3, -0.25) is 4.57 Å². The van der Waals surface area contributed by atoms with Crippen LogP contribution in [0.5, 0.6) is 6.01 Å². The van der Waals surface area contributed by atoms with Crippen molar-refractivity contribution in [3.8, 4) is 6.01 Å². The van der Waals surface area contributed by atoms with E-state index in [0.29, 0.717) is 23.6 Å². The first-order chi connectivity index (χ1) is 12.1. The number of aromatic nitrogens is 4. The number of fused-ring (bicyclic) bond motifs is 1. The molecule has 4 N–H and O–H groups in total. The van der Waals surface area contributed by atoms with Gasteiger partial charge in [-0.25, -0.2) is 4.79 Å². The number of ether oxygens (including phenoxy) is 1. The Bertz CT molecular complexity index is 762. The van der Waals surface area contributed by atoms with Crippen molar-refractivity contribution in [2.45, 2.75) is 58.6 Å². The molecule has 1 aliphatic rings. The van der Waals surface area contributed by atoms with E-state index in [1.807, 2.05) is 6.92 Å². The average molecular weight is 348 g/mol. The predicted octanol–water partition coefficient (Wildman–Crippen LogP) is 1.66. The summed E-state index contributed by atoms with van der Waals surface area (Å²) in [6, 6.07) is 0.234. The standard InChI is InChI=1S/C17H28N6O2/c1-3-5-11(2)25-16-21-14(18)13-15(22-16)23(17(24)20-13)9-7-12-6-4-8-19-10-12/h11-12,19H,3-10H2,1-2H3,(H,20,24)(H2,18,21,22). The molecule has 2 atom stereocenters. The SMILES string of the molecule is CCCC(C)Oc1nc(N)c2[nH]c(=O)n(CCC3CCCNC3)c2n1. The van der Waals surface area contributed by atoms with Crippen LogP contribution in [0, 0.1) is 5.92 Å². The Kier molecular flexibility index (Phi) is 5.57. The number of nitrogens with one attached hydrogen (secondary N) is 2. The number of hydrogen-bond donors (Lipinski definition) is 3. The van der Waals surface area contributed by atoms with E-state index >= 15 is 0 Å². The molecule has 0 spiro atoms. The molecule has 3 rings (SSSR count). The lowest BCUT2D eigenvalue weighted by Gasteiger charge is -2.22. The van der Waals surface area contributed by atoms with Crippen molar-refractivity contribution in [2.24, 2.45) is 5.92 Å². The van der Waals surface area contributed by atoms with Crippen LogP contribution in [-0.2, 0) is 6.54 Å². The third-order valence-electron chi connectivity index (χ3n) is 4.79. The summed E-state index contributed by atoms with van der Waals surface area (Å²) in [7, 11) is 0. The highest BCUT2D eigenvalue weighted by atomic mass is 16.5. The number of nitrogen functional groups attached to an aromatic ring is 1. The summed E-state index contributed by atoms with van der Waals surface area (Å²) in [5.74, 6) is 0.837. The van der Waals surface area contributed by atoms with Crippen LogP contribution < -0.4 is 21.5 Å². The van der Waals surface area contributed by atoms with Crippen LogP contribution in [0.25, 0.3) is 11.2 Å². The highest BCUT2D eigenvalue weighted by Crippen LogP contribution is 2.21. The Morgan fingerprint density at radius 3 is 3.00 bits per heavy atom. The number of nitrogens with zero attached hydrogens (tertiary/aromatic N) is 3. The number of hydrogen-bond acceptors (Lipinski definition) is 6. The van der Waals surface area contributed by atoms with E-state index in [4.69, 9.17) is 10.5 Å². The molecule has 1 fully saturated rings. The van der Waals surface area contributed by atoms with Gasteiger partial charge in [0, 0.05) is 6.54 Å². The fourth-order valence-electron chi connectivity index (χ4n) is 3.42. The van der Waals surface area contributed by atoms with Gasteiger partial charge in [0.25, 0.3) is 0 Å². The van der Waals surface area contributed by atoms with Gasteiger partial charge in [0.15, 0.2) is 11.5 Å². The molecule has 0 amide bonds. The zero-order valence-electron chi connectivity index (χ0n) is 15.0. The third kappa shape index (κ3) is 4.12. The second-order valence-electron chi connectivity index (χ2n) is 6.89. The van der Waals surface area contributed by atoms with Crippen molar-refractivity contribution in [1.82, 2.24) is 24.8 Å². The summed E-state index contributed by atoms with van der Waals surface area (Å²) in [5, 5.41) is 3.41. The second kappa shape index (κ2) is 7.86. The van der Waals surface area contributed by atoms with Gasteiger partial charge in [-0.15, -0.1) is 0 Å². The fourth-order valence-corrected chi connectivity index (χ4v) is 3.42. The summed E-state index contributed by atoms with van der Waals surface area (Å²) in [4.78, 5) is 23.7. The summed E-state index contributed by atoms with van der Waals surface area (Å²) < 4.78 is 7.41. The van der Waals surface area contributed by atoms with Crippen LogP contribution in [0.15, 0.2) is 4.79 Å². The third-order valence-corrected chi connectivity index (χ3v) is 4.79. The number of nitrogens with two attached hydrogens (primary N) is 1. The first kappa shape index (κ1) is 17.7. The van der Waals surface area contributed by atoms with E-state index in [1.54, 1.807) is 4.57 Å². The van der Waals surface area contributed by atoms with Crippen LogP contribution in [0.1, 0.15) is 46.0 Å². The van der Waals surface area contributed by atoms with Gasteiger partial charge in [0.2, 0.25) is 0 Å². The van der Waals surface area contributed by atoms with Crippen LogP contribution in [0.2, 0.25) is 0 Å². The van der Waals surface area contributed by atoms with Gasteiger partial charge < -0.3 is 20.8 Å². The molecule has 3 heterocycles. The maximum atomic E-state index is 12.3. The van der Waals surface area contributed by atoms with Gasteiger partial charge in [-0.2, -0.15) is 9.97 Å². The van der Waals surface area contributed by atoms with Crippen LogP contribution in [-0.4, -0.2) is 38.7 Å². The number of anilines is 1. The van der Waals surface area contributed by atoms with Crippen molar-refractivity contribution < 1.29 is 4.74 Å². The zero-order valence-corrected chi connectivity index (χ0v) is 15.0. The molecule has 2 unspecified atom stereocenters. The molecule has 0 bridgehead atoms. The zero-order chi connectivity index (χ0) is 17.8.